The lowest BCUT2D eigenvalue weighted by Crippen LogP contribution is -2.21. The van der Waals surface area contributed by atoms with Crippen molar-refractivity contribution in [3.8, 4) is 0 Å². The van der Waals surface area contributed by atoms with E-state index < -0.39 is 5.91 Å². The third-order valence-electron chi connectivity index (χ3n) is 4.40. The molecule has 0 bridgehead atoms. The van der Waals surface area contributed by atoms with Crippen LogP contribution in [0.4, 0.5) is 11.4 Å². The first-order valence-corrected chi connectivity index (χ1v) is 9.06. The molecular formula is C20H20ClN5O2. The summed E-state index contributed by atoms with van der Waals surface area (Å²) < 4.78 is 1.39. The Labute approximate surface area is 167 Å². The SMILES string of the molecule is Cc1ccc(NC(=O)Cn2nnc(C(=O)Nc3ccccc3Cl)c2C)cc1C. The highest BCUT2D eigenvalue weighted by Crippen LogP contribution is 2.21. The van der Waals surface area contributed by atoms with Crippen molar-refractivity contribution in [1.82, 2.24) is 15.0 Å². The molecule has 2 N–H and O–H groups in total. The molecular weight excluding hydrogens is 378 g/mol. The van der Waals surface area contributed by atoms with Gasteiger partial charge in [0.2, 0.25) is 5.91 Å². The lowest BCUT2D eigenvalue weighted by molar-refractivity contribution is -0.117. The van der Waals surface area contributed by atoms with Gasteiger partial charge in [-0.3, -0.25) is 9.59 Å². The normalized spacial score (nSPS) is 10.6. The van der Waals surface area contributed by atoms with Gasteiger partial charge in [0.15, 0.2) is 5.69 Å². The second-order valence-corrected chi connectivity index (χ2v) is 6.87. The van der Waals surface area contributed by atoms with Crippen molar-refractivity contribution in [3.63, 3.8) is 0 Å². The Balaban J connectivity index is 1.68. The summed E-state index contributed by atoms with van der Waals surface area (Å²) in [7, 11) is 0. The number of nitrogens with one attached hydrogen (secondary N) is 2. The molecule has 0 unspecified atom stereocenters. The second kappa shape index (κ2) is 8.22. The Bertz CT molecular complexity index is 1040. The molecule has 0 fully saturated rings. The number of carbonyl (C=O) groups excluding carboxylic acids is 2. The van der Waals surface area contributed by atoms with E-state index in [1.807, 2.05) is 32.0 Å². The summed E-state index contributed by atoms with van der Waals surface area (Å²) in [5.41, 5.74) is 4.06. The zero-order valence-corrected chi connectivity index (χ0v) is 16.5. The molecule has 0 aliphatic heterocycles. The number of nitrogens with zero attached hydrogens (tertiary/aromatic N) is 3. The molecule has 0 radical (unpaired) electrons. The standard InChI is InChI=1S/C20H20ClN5O2/c1-12-8-9-15(10-13(12)2)22-18(27)11-26-14(3)19(24-25-26)20(28)23-17-7-5-4-6-16(17)21/h4-10H,11H2,1-3H3,(H,22,27)(H,23,28). The fraction of sp³-hybridized carbons (Fsp3) is 0.200. The number of hydrogen-bond acceptors (Lipinski definition) is 4. The number of amides is 2. The highest BCUT2D eigenvalue weighted by Gasteiger charge is 2.19. The topological polar surface area (TPSA) is 88.9 Å². The van der Waals surface area contributed by atoms with E-state index >= 15 is 0 Å². The van der Waals surface area contributed by atoms with E-state index in [0.717, 1.165) is 11.1 Å². The molecule has 2 aromatic carbocycles. The van der Waals surface area contributed by atoms with Crippen molar-refractivity contribution in [2.45, 2.75) is 27.3 Å². The number of hydrogen-bond donors (Lipinski definition) is 2. The highest BCUT2D eigenvalue weighted by molar-refractivity contribution is 6.33. The number of rotatable bonds is 5. The minimum atomic E-state index is -0.439. The summed E-state index contributed by atoms with van der Waals surface area (Å²) in [4.78, 5) is 24.8. The van der Waals surface area contributed by atoms with Crippen LogP contribution in [0.15, 0.2) is 42.5 Å². The van der Waals surface area contributed by atoms with Gasteiger partial charge in [-0.1, -0.05) is 35.0 Å². The average molecular weight is 398 g/mol. The molecule has 28 heavy (non-hydrogen) atoms. The highest BCUT2D eigenvalue weighted by atomic mass is 35.5. The fourth-order valence-corrected chi connectivity index (χ4v) is 2.80. The smallest absolute Gasteiger partial charge is 0.278 e. The second-order valence-electron chi connectivity index (χ2n) is 6.46. The summed E-state index contributed by atoms with van der Waals surface area (Å²) in [5, 5.41) is 13.8. The van der Waals surface area contributed by atoms with Gasteiger partial charge in [-0.15, -0.1) is 5.10 Å². The molecule has 0 saturated carbocycles. The fourth-order valence-electron chi connectivity index (χ4n) is 2.62. The van der Waals surface area contributed by atoms with Crippen molar-refractivity contribution in [2.24, 2.45) is 0 Å². The molecule has 0 atom stereocenters. The van der Waals surface area contributed by atoms with Crippen LogP contribution in [-0.2, 0) is 11.3 Å². The molecule has 144 valence electrons. The van der Waals surface area contributed by atoms with Gasteiger partial charge < -0.3 is 10.6 Å². The Morgan fingerprint density at radius 1 is 1.04 bits per heavy atom. The van der Waals surface area contributed by atoms with Gasteiger partial charge in [-0.2, -0.15) is 0 Å². The first kappa shape index (κ1) is 19.6. The van der Waals surface area contributed by atoms with E-state index in [0.29, 0.717) is 22.1 Å². The van der Waals surface area contributed by atoms with Gasteiger partial charge in [0.05, 0.1) is 16.4 Å². The zero-order valence-electron chi connectivity index (χ0n) is 15.8. The van der Waals surface area contributed by atoms with Crippen LogP contribution in [0.25, 0.3) is 0 Å². The van der Waals surface area contributed by atoms with Crippen LogP contribution in [0.3, 0.4) is 0 Å². The van der Waals surface area contributed by atoms with Crippen molar-refractivity contribution >= 4 is 34.8 Å². The van der Waals surface area contributed by atoms with Gasteiger partial charge in [0.1, 0.15) is 6.54 Å². The van der Waals surface area contributed by atoms with E-state index in [1.165, 1.54) is 4.68 Å². The summed E-state index contributed by atoms with van der Waals surface area (Å²) in [6, 6.07) is 12.6. The number of aryl methyl sites for hydroxylation is 2. The Kier molecular flexibility index (Phi) is 5.75. The minimum absolute atomic E-state index is 0.0505. The van der Waals surface area contributed by atoms with Crippen molar-refractivity contribution in [1.29, 1.82) is 0 Å². The van der Waals surface area contributed by atoms with Crippen LogP contribution >= 0.6 is 11.6 Å². The van der Waals surface area contributed by atoms with Crippen LogP contribution in [0.2, 0.25) is 5.02 Å². The first-order chi connectivity index (χ1) is 13.3. The van der Waals surface area contributed by atoms with E-state index in [4.69, 9.17) is 11.6 Å². The van der Waals surface area contributed by atoms with Crippen LogP contribution in [0, 0.1) is 20.8 Å². The molecule has 0 saturated heterocycles. The van der Waals surface area contributed by atoms with Crippen molar-refractivity contribution in [3.05, 3.63) is 70.0 Å². The van der Waals surface area contributed by atoms with Gasteiger partial charge in [0.25, 0.3) is 5.91 Å². The third kappa shape index (κ3) is 4.37. The monoisotopic (exact) mass is 397 g/mol. The molecule has 1 heterocycles. The van der Waals surface area contributed by atoms with Crippen LogP contribution in [0.1, 0.15) is 27.3 Å². The predicted molar refractivity (Wildman–Crippen MR) is 109 cm³/mol. The first-order valence-electron chi connectivity index (χ1n) is 8.68. The third-order valence-corrected chi connectivity index (χ3v) is 4.73. The van der Waals surface area contributed by atoms with Crippen molar-refractivity contribution in [2.75, 3.05) is 10.6 Å². The molecule has 3 aromatic rings. The maximum absolute atomic E-state index is 12.5. The number of benzene rings is 2. The summed E-state index contributed by atoms with van der Waals surface area (Å²) in [5.74, 6) is -0.694. The molecule has 0 spiro atoms. The number of aromatic nitrogens is 3. The number of anilines is 2. The summed E-state index contributed by atoms with van der Waals surface area (Å²) in [6.07, 6.45) is 0. The maximum Gasteiger partial charge on any atom is 0.278 e. The van der Waals surface area contributed by atoms with Gasteiger partial charge in [0, 0.05) is 5.69 Å². The van der Waals surface area contributed by atoms with E-state index in [2.05, 4.69) is 20.9 Å². The van der Waals surface area contributed by atoms with E-state index in [9.17, 15) is 9.59 Å². The number of carbonyl (C=O) groups is 2. The molecule has 0 aliphatic carbocycles. The lowest BCUT2D eigenvalue weighted by Gasteiger charge is -2.09. The van der Waals surface area contributed by atoms with Crippen LogP contribution < -0.4 is 10.6 Å². The van der Waals surface area contributed by atoms with E-state index in [-0.39, 0.29) is 18.1 Å². The Morgan fingerprint density at radius 3 is 2.50 bits per heavy atom. The molecule has 1 aromatic heterocycles. The summed E-state index contributed by atoms with van der Waals surface area (Å²) >= 11 is 6.06. The van der Waals surface area contributed by atoms with Gasteiger partial charge in [-0.05, 0) is 56.2 Å². The van der Waals surface area contributed by atoms with Crippen LogP contribution in [0.5, 0.6) is 0 Å². The number of halogens is 1. The molecule has 2 amide bonds. The lowest BCUT2D eigenvalue weighted by atomic mass is 10.1. The molecule has 3 rings (SSSR count). The molecule has 8 heteroatoms. The molecule has 0 aliphatic rings. The Hall–Kier alpha value is -3.19. The number of para-hydroxylation sites is 1. The predicted octanol–water partition coefficient (Wildman–Crippen LogP) is 3.75. The molecule has 7 nitrogen and oxygen atoms in total. The largest absolute Gasteiger partial charge is 0.324 e. The van der Waals surface area contributed by atoms with Crippen LogP contribution in [-0.4, -0.2) is 26.8 Å². The van der Waals surface area contributed by atoms with Gasteiger partial charge in [-0.25, -0.2) is 4.68 Å². The minimum Gasteiger partial charge on any atom is -0.324 e. The zero-order chi connectivity index (χ0) is 20.3. The maximum atomic E-state index is 12.5. The average Bonchev–Trinajstić information content (AvgIpc) is 3.00. The van der Waals surface area contributed by atoms with Gasteiger partial charge >= 0.3 is 0 Å². The summed E-state index contributed by atoms with van der Waals surface area (Å²) in [6.45, 7) is 5.63. The van der Waals surface area contributed by atoms with Crippen molar-refractivity contribution < 1.29 is 9.59 Å². The quantitative estimate of drug-likeness (QED) is 0.686. The Morgan fingerprint density at radius 2 is 1.79 bits per heavy atom. The van der Waals surface area contributed by atoms with E-state index in [1.54, 1.807) is 31.2 Å².